The SMILES string of the molecule is COc1ccc(C(=O)CN)cc1OC1CCOCC1. The summed E-state index contributed by atoms with van der Waals surface area (Å²) in [6.45, 7) is 1.39. The molecule has 1 aliphatic heterocycles. The molecule has 0 spiro atoms. The molecule has 1 heterocycles. The lowest BCUT2D eigenvalue weighted by atomic mass is 10.1. The first-order valence-electron chi connectivity index (χ1n) is 6.40. The van der Waals surface area contributed by atoms with Gasteiger partial charge in [-0.15, -0.1) is 0 Å². The maximum Gasteiger partial charge on any atom is 0.176 e. The number of methoxy groups -OCH3 is 1. The number of carbonyl (C=O) groups is 1. The van der Waals surface area contributed by atoms with E-state index < -0.39 is 0 Å². The van der Waals surface area contributed by atoms with E-state index >= 15 is 0 Å². The van der Waals surface area contributed by atoms with Crippen molar-refractivity contribution in [1.29, 1.82) is 0 Å². The fraction of sp³-hybridized carbons (Fsp3) is 0.500. The highest BCUT2D eigenvalue weighted by molar-refractivity contribution is 5.98. The number of benzene rings is 1. The van der Waals surface area contributed by atoms with E-state index in [9.17, 15) is 4.79 Å². The van der Waals surface area contributed by atoms with Gasteiger partial charge in [-0.1, -0.05) is 0 Å². The largest absolute Gasteiger partial charge is 0.493 e. The maximum absolute atomic E-state index is 11.6. The van der Waals surface area contributed by atoms with Crippen LogP contribution in [0.4, 0.5) is 0 Å². The average molecular weight is 265 g/mol. The first-order valence-corrected chi connectivity index (χ1v) is 6.40. The molecule has 0 aliphatic carbocycles. The van der Waals surface area contributed by atoms with E-state index in [4.69, 9.17) is 19.9 Å². The highest BCUT2D eigenvalue weighted by Gasteiger charge is 2.18. The molecule has 2 rings (SSSR count). The monoisotopic (exact) mass is 265 g/mol. The molecule has 0 amide bonds. The van der Waals surface area contributed by atoms with Gasteiger partial charge in [0.25, 0.3) is 0 Å². The first-order chi connectivity index (χ1) is 9.24. The fourth-order valence-corrected chi connectivity index (χ4v) is 2.03. The van der Waals surface area contributed by atoms with Crippen molar-refractivity contribution in [2.24, 2.45) is 5.73 Å². The third-order valence-electron chi connectivity index (χ3n) is 3.13. The number of nitrogens with two attached hydrogens (primary N) is 1. The third kappa shape index (κ3) is 3.45. The summed E-state index contributed by atoms with van der Waals surface area (Å²) in [5, 5.41) is 0. The van der Waals surface area contributed by atoms with Gasteiger partial charge in [-0.2, -0.15) is 0 Å². The predicted molar refractivity (Wildman–Crippen MR) is 70.8 cm³/mol. The smallest absolute Gasteiger partial charge is 0.176 e. The molecule has 2 N–H and O–H groups in total. The number of ether oxygens (including phenoxy) is 3. The summed E-state index contributed by atoms with van der Waals surface area (Å²) in [6, 6.07) is 5.13. The van der Waals surface area contributed by atoms with Crippen LogP contribution in [0, 0.1) is 0 Å². The van der Waals surface area contributed by atoms with Crippen LogP contribution >= 0.6 is 0 Å². The second-order valence-electron chi connectivity index (χ2n) is 4.42. The van der Waals surface area contributed by atoms with Crippen molar-refractivity contribution in [3.05, 3.63) is 23.8 Å². The number of rotatable bonds is 5. The lowest BCUT2D eigenvalue weighted by molar-refractivity contribution is 0.0245. The molecule has 5 nitrogen and oxygen atoms in total. The summed E-state index contributed by atoms with van der Waals surface area (Å²) in [6.07, 6.45) is 1.79. The van der Waals surface area contributed by atoms with Gasteiger partial charge in [0.2, 0.25) is 0 Å². The van der Waals surface area contributed by atoms with Crippen LogP contribution in [0.3, 0.4) is 0 Å². The van der Waals surface area contributed by atoms with Gasteiger partial charge in [0.1, 0.15) is 6.10 Å². The summed E-state index contributed by atoms with van der Waals surface area (Å²) in [4.78, 5) is 11.6. The second-order valence-corrected chi connectivity index (χ2v) is 4.42. The standard InChI is InChI=1S/C14H19NO4/c1-17-13-3-2-10(12(16)9-15)8-14(13)19-11-4-6-18-7-5-11/h2-3,8,11H,4-7,9,15H2,1H3. The summed E-state index contributed by atoms with van der Waals surface area (Å²) in [7, 11) is 1.58. The molecule has 19 heavy (non-hydrogen) atoms. The summed E-state index contributed by atoms with van der Waals surface area (Å²) < 4.78 is 16.5. The predicted octanol–water partition coefficient (Wildman–Crippen LogP) is 1.39. The van der Waals surface area contributed by atoms with Gasteiger partial charge in [0.15, 0.2) is 17.3 Å². The summed E-state index contributed by atoms with van der Waals surface area (Å²) >= 11 is 0. The minimum Gasteiger partial charge on any atom is -0.493 e. The molecule has 1 aromatic rings. The van der Waals surface area contributed by atoms with Gasteiger partial charge in [-0.05, 0) is 18.2 Å². The third-order valence-corrected chi connectivity index (χ3v) is 3.13. The Hall–Kier alpha value is -1.59. The Morgan fingerprint density at radius 2 is 2.11 bits per heavy atom. The number of hydrogen-bond acceptors (Lipinski definition) is 5. The number of hydrogen-bond donors (Lipinski definition) is 1. The lowest BCUT2D eigenvalue weighted by Crippen LogP contribution is -2.26. The molecule has 0 aromatic heterocycles. The van der Waals surface area contributed by atoms with Crippen molar-refractivity contribution < 1.29 is 19.0 Å². The minimum atomic E-state index is -0.112. The van der Waals surface area contributed by atoms with Crippen LogP contribution in [0.5, 0.6) is 11.5 Å². The van der Waals surface area contributed by atoms with Gasteiger partial charge in [-0.3, -0.25) is 4.79 Å². The molecule has 0 bridgehead atoms. The Balaban J connectivity index is 2.17. The molecule has 1 saturated heterocycles. The van der Waals surface area contributed by atoms with E-state index in [0.29, 0.717) is 30.3 Å². The van der Waals surface area contributed by atoms with E-state index in [0.717, 1.165) is 12.8 Å². The normalized spacial score (nSPS) is 16.1. The molecule has 1 aliphatic rings. The van der Waals surface area contributed by atoms with Crippen molar-refractivity contribution >= 4 is 5.78 Å². The molecule has 0 saturated carbocycles. The molecule has 0 radical (unpaired) electrons. The van der Waals surface area contributed by atoms with Crippen LogP contribution in [0.2, 0.25) is 0 Å². The topological polar surface area (TPSA) is 70.8 Å². The van der Waals surface area contributed by atoms with E-state index in [1.807, 2.05) is 0 Å². The van der Waals surface area contributed by atoms with Gasteiger partial charge in [0, 0.05) is 18.4 Å². The highest BCUT2D eigenvalue weighted by Crippen LogP contribution is 2.30. The second kappa shape index (κ2) is 6.54. The average Bonchev–Trinajstić information content (AvgIpc) is 2.47. The van der Waals surface area contributed by atoms with Crippen molar-refractivity contribution in [2.75, 3.05) is 26.9 Å². The number of ketones is 1. The van der Waals surface area contributed by atoms with E-state index in [1.165, 1.54) is 0 Å². The number of carbonyl (C=O) groups excluding carboxylic acids is 1. The van der Waals surface area contributed by atoms with Gasteiger partial charge in [-0.25, -0.2) is 0 Å². The zero-order valence-electron chi connectivity index (χ0n) is 11.1. The molecular formula is C14H19NO4. The molecular weight excluding hydrogens is 246 g/mol. The Bertz CT molecular complexity index is 441. The highest BCUT2D eigenvalue weighted by atomic mass is 16.5. The fourth-order valence-electron chi connectivity index (χ4n) is 2.03. The van der Waals surface area contributed by atoms with Crippen LogP contribution in [0.1, 0.15) is 23.2 Å². The quantitative estimate of drug-likeness (QED) is 0.815. The zero-order chi connectivity index (χ0) is 13.7. The lowest BCUT2D eigenvalue weighted by Gasteiger charge is -2.24. The van der Waals surface area contributed by atoms with Crippen molar-refractivity contribution in [3.8, 4) is 11.5 Å². The Morgan fingerprint density at radius 1 is 1.37 bits per heavy atom. The molecule has 104 valence electrons. The molecule has 5 heteroatoms. The van der Waals surface area contributed by atoms with Crippen LogP contribution in [-0.2, 0) is 4.74 Å². The van der Waals surface area contributed by atoms with E-state index in [-0.39, 0.29) is 18.4 Å². The Labute approximate surface area is 112 Å². The van der Waals surface area contributed by atoms with Crippen LogP contribution in [0.15, 0.2) is 18.2 Å². The molecule has 0 unspecified atom stereocenters. The number of Topliss-reactive ketones (excluding diaryl/α,β-unsaturated/α-hetero) is 1. The molecule has 1 fully saturated rings. The van der Waals surface area contributed by atoms with Gasteiger partial charge >= 0.3 is 0 Å². The molecule has 1 aromatic carbocycles. The van der Waals surface area contributed by atoms with Crippen molar-refractivity contribution in [3.63, 3.8) is 0 Å². The van der Waals surface area contributed by atoms with Gasteiger partial charge in [0.05, 0.1) is 26.9 Å². The first kappa shape index (κ1) is 13.8. The van der Waals surface area contributed by atoms with E-state index in [1.54, 1.807) is 25.3 Å². The summed E-state index contributed by atoms with van der Waals surface area (Å²) in [5.41, 5.74) is 5.92. The van der Waals surface area contributed by atoms with Crippen molar-refractivity contribution in [2.45, 2.75) is 18.9 Å². The summed E-state index contributed by atoms with van der Waals surface area (Å²) in [5.74, 6) is 1.10. The van der Waals surface area contributed by atoms with Crippen molar-refractivity contribution in [1.82, 2.24) is 0 Å². The van der Waals surface area contributed by atoms with Crippen LogP contribution < -0.4 is 15.2 Å². The minimum absolute atomic E-state index is 0.0109. The Morgan fingerprint density at radius 3 is 2.74 bits per heavy atom. The van der Waals surface area contributed by atoms with Crippen LogP contribution in [-0.4, -0.2) is 38.8 Å². The molecule has 0 atom stereocenters. The van der Waals surface area contributed by atoms with Gasteiger partial charge < -0.3 is 19.9 Å². The Kier molecular flexibility index (Phi) is 4.76. The maximum atomic E-state index is 11.6. The van der Waals surface area contributed by atoms with Crippen LogP contribution in [0.25, 0.3) is 0 Å². The van der Waals surface area contributed by atoms with E-state index in [2.05, 4.69) is 0 Å². The zero-order valence-corrected chi connectivity index (χ0v) is 11.1.